The number of hydrogen-bond acceptors (Lipinski definition) is 2. The van der Waals surface area contributed by atoms with Gasteiger partial charge in [-0.15, -0.1) is 0 Å². The highest BCUT2D eigenvalue weighted by molar-refractivity contribution is 7.70. The van der Waals surface area contributed by atoms with E-state index < -0.39 is 7.37 Å². The number of allylic oxidation sites excluding steroid dienone is 1. The molecule has 1 unspecified atom stereocenters. The molecule has 1 aliphatic rings. The second-order valence-corrected chi connectivity index (χ2v) is 7.69. The standard InChI is InChI=1S/C18H19O2P/c1-2-20-21(19)17(15-9-5-3-6-10-15)13-14-18(21)16-11-7-4-8-12-16/h3-13,18H,2,14H2,1H3/t18-,21?/m1/s1. The molecule has 0 saturated heterocycles. The van der Waals surface area contributed by atoms with Crippen LogP contribution in [-0.2, 0) is 9.09 Å². The van der Waals surface area contributed by atoms with E-state index in [2.05, 4.69) is 6.08 Å². The van der Waals surface area contributed by atoms with Crippen molar-refractivity contribution in [1.82, 2.24) is 0 Å². The first-order valence-electron chi connectivity index (χ1n) is 7.31. The third-order valence-electron chi connectivity index (χ3n) is 3.86. The van der Waals surface area contributed by atoms with Crippen LogP contribution in [0.5, 0.6) is 0 Å². The van der Waals surface area contributed by atoms with Crippen molar-refractivity contribution in [3.8, 4) is 0 Å². The summed E-state index contributed by atoms with van der Waals surface area (Å²) in [5.41, 5.74) is 2.04. The summed E-state index contributed by atoms with van der Waals surface area (Å²) in [6, 6.07) is 20.0. The normalized spacial score (nSPS) is 24.8. The van der Waals surface area contributed by atoms with E-state index in [0.717, 1.165) is 22.9 Å². The van der Waals surface area contributed by atoms with Gasteiger partial charge in [-0.2, -0.15) is 0 Å². The van der Waals surface area contributed by atoms with Crippen molar-refractivity contribution in [3.63, 3.8) is 0 Å². The van der Waals surface area contributed by atoms with Gasteiger partial charge in [-0.05, 0) is 24.5 Å². The zero-order valence-electron chi connectivity index (χ0n) is 12.1. The quantitative estimate of drug-likeness (QED) is 0.698. The maximum absolute atomic E-state index is 13.6. The molecule has 108 valence electrons. The molecular weight excluding hydrogens is 279 g/mol. The zero-order valence-corrected chi connectivity index (χ0v) is 13.0. The van der Waals surface area contributed by atoms with Crippen LogP contribution in [-0.4, -0.2) is 6.61 Å². The van der Waals surface area contributed by atoms with Gasteiger partial charge in [0, 0.05) is 5.31 Å². The molecule has 2 aromatic carbocycles. The van der Waals surface area contributed by atoms with E-state index in [1.54, 1.807) is 0 Å². The Balaban J connectivity index is 2.02. The molecule has 0 bridgehead atoms. The maximum Gasteiger partial charge on any atom is 0.239 e. The molecule has 3 rings (SSSR count). The summed E-state index contributed by atoms with van der Waals surface area (Å²) in [6.07, 6.45) is 2.86. The van der Waals surface area contributed by atoms with Gasteiger partial charge in [-0.25, -0.2) is 0 Å². The zero-order chi connectivity index (χ0) is 14.7. The average Bonchev–Trinajstić information content (AvgIpc) is 2.86. The second kappa shape index (κ2) is 6.01. The Morgan fingerprint density at radius 1 is 1.05 bits per heavy atom. The summed E-state index contributed by atoms with van der Waals surface area (Å²) in [5, 5.41) is 0.874. The van der Waals surface area contributed by atoms with E-state index in [9.17, 15) is 4.57 Å². The Morgan fingerprint density at radius 2 is 1.67 bits per heavy atom. The van der Waals surface area contributed by atoms with E-state index in [-0.39, 0.29) is 5.66 Å². The third kappa shape index (κ3) is 2.62. The Labute approximate surface area is 125 Å². The molecule has 0 N–H and O–H groups in total. The summed E-state index contributed by atoms with van der Waals surface area (Å²) >= 11 is 0. The lowest BCUT2D eigenvalue weighted by atomic mass is 10.1. The van der Waals surface area contributed by atoms with Crippen molar-refractivity contribution < 1.29 is 9.09 Å². The monoisotopic (exact) mass is 298 g/mol. The Morgan fingerprint density at radius 3 is 2.29 bits per heavy atom. The lowest BCUT2D eigenvalue weighted by Gasteiger charge is -2.24. The molecule has 0 saturated carbocycles. The van der Waals surface area contributed by atoms with Gasteiger partial charge in [0.15, 0.2) is 0 Å². The predicted molar refractivity (Wildman–Crippen MR) is 87.5 cm³/mol. The number of hydrogen-bond donors (Lipinski definition) is 0. The smallest absolute Gasteiger partial charge is 0.239 e. The summed E-state index contributed by atoms with van der Waals surface area (Å²) in [4.78, 5) is 0. The SMILES string of the molecule is CCOP1(=O)C(c2ccccc2)=CC[C@@H]1c1ccccc1. The first-order chi connectivity index (χ1) is 10.3. The van der Waals surface area contributed by atoms with E-state index in [1.165, 1.54) is 0 Å². The first-order valence-corrected chi connectivity index (χ1v) is 9.00. The summed E-state index contributed by atoms with van der Waals surface area (Å²) in [5.74, 6) is 0. The van der Waals surface area contributed by atoms with Crippen LogP contribution in [0.3, 0.4) is 0 Å². The van der Waals surface area contributed by atoms with Crippen LogP contribution in [0.4, 0.5) is 0 Å². The van der Waals surface area contributed by atoms with E-state index in [1.807, 2.05) is 67.6 Å². The minimum absolute atomic E-state index is 0.0612. The Bertz CT molecular complexity index is 677. The third-order valence-corrected chi connectivity index (χ3v) is 6.94. The van der Waals surface area contributed by atoms with Gasteiger partial charge in [0.1, 0.15) is 0 Å². The van der Waals surface area contributed by atoms with Crippen LogP contribution >= 0.6 is 7.37 Å². The van der Waals surface area contributed by atoms with Gasteiger partial charge < -0.3 is 4.52 Å². The van der Waals surface area contributed by atoms with E-state index >= 15 is 0 Å². The number of rotatable bonds is 4. The van der Waals surface area contributed by atoms with Crippen LogP contribution in [0.15, 0.2) is 66.7 Å². The largest absolute Gasteiger partial charge is 0.325 e. The molecule has 2 atom stereocenters. The van der Waals surface area contributed by atoms with Crippen LogP contribution in [0, 0.1) is 0 Å². The fourth-order valence-electron chi connectivity index (χ4n) is 2.92. The molecule has 21 heavy (non-hydrogen) atoms. The lowest BCUT2D eigenvalue weighted by Crippen LogP contribution is -2.00. The molecule has 0 aromatic heterocycles. The number of benzene rings is 2. The molecule has 1 aliphatic heterocycles. The highest BCUT2D eigenvalue weighted by Gasteiger charge is 2.43. The molecule has 0 spiro atoms. The maximum atomic E-state index is 13.6. The molecule has 2 aromatic rings. The molecule has 0 amide bonds. The van der Waals surface area contributed by atoms with Gasteiger partial charge in [-0.1, -0.05) is 66.7 Å². The van der Waals surface area contributed by atoms with Gasteiger partial charge in [0.2, 0.25) is 7.37 Å². The first kappa shape index (κ1) is 14.3. The van der Waals surface area contributed by atoms with Gasteiger partial charge in [0.05, 0.1) is 12.3 Å². The molecule has 2 nitrogen and oxygen atoms in total. The fourth-order valence-corrected chi connectivity index (χ4v) is 5.78. The fraction of sp³-hybridized carbons (Fsp3) is 0.222. The van der Waals surface area contributed by atoms with Crippen molar-refractivity contribution >= 4 is 12.7 Å². The summed E-state index contributed by atoms with van der Waals surface area (Å²) in [7, 11) is -2.87. The highest BCUT2D eigenvalue weighted by Crippen LogP contribution is 2.74. The minimum Gasteiger partial charge on any atom is -0.325 e. The molecule has 0 fully saturated rings. The van der Waals surface area contributed by atoms with Crippen molar-refractivity contribution in [1.29, 1.82) is 0 Å². The Kier molecular flexibility index (Phi) is 4.10. The van der Waals surface area contributed by atoms with Crippen LogP contribution in [0.1, 0.15) is 30.1 Å². The lowest BCUT2D eigenvalue weighted by molar-refractivity contribution is 0.336. The van der Waals surface area contributed by atoms with Gasteiger partial charge >= 0.3 is 0 Å². The topological polar surface area (TPSA) is 26.3 Å². The van der Waals surface area contributed by atoms with Crippen LogP contribution in [0.25, 0.3) is 5.31 Å². The minimum atomic E-state index is -2.87. The van der Waals surface area contributed by atoms with E-state index in [4.69, 9.17) is 4.52 Å². The van der Waals surface area contributed by atoms with Crippen molar-refractivity contribution in [3.05, 3.63) is 77.9 Å². The predicted octanol–water partition coefficient (Wildman–Crippen LogP) is 5.49. The van der Waals surface area contributed by atoms with Crippen molar-refractivity contribution in [2.24, 2.45) is 0 Å². The van der Waals surface area contributed by atoms with E-state index in [0.29, 0.717) is 6.61 Å². The van der Waals surface area contributed by atoms with Crippen molar-refractivity contribution in [2.45, 2.75) is 19.0 Å². The van der Waals surface area contributed by atoms with Crippen molar-refractivity contribution in [2.75, 3.05) is 6.61 Å². The molecule has 3 heteroatoms. The summed E-state index contributed by atoms with van der Waals surface area (Å²) in [6.45, 7) is 2.37. The molecule has 0 aliphatic carbocycles. The van der Waals surface area contributed by atoms with Crippen LogP contribution < -0.4 is 0 Å². The molecule has 0 radical (unpaired) electrons. The summed E-state index contributed by atoms with van der Waals surface area (Å²) < 4.78 is 19.4. The highest BCUT2D eigenvalue weighted by atomic mass is 31.2. The molecular formula is C18H19O2P. The van der Waals surface area contributed by atoms with Gasteiger partial charge in [-0.3, -0.25) is 4.57 Å². The average molecular weight is 298 g/mol. The Hall–Kier alpha value is -1.63. The van der Waals surface area contributed by atoms with Gasteiger partial charge in [0.25, 0.3) is 0 Å². The second-order valence-electron chi connectivity index (χ2n) is 5.13. The molecule has 1 heterocycles. The van der Waals surface area contributed by atoms with Crippen LogP contribution in [0.2, 0.25) is 0 Å².